The molecule has 0 bridgehead atoms. The topological polar surface area (TPSA) is 84.5 Å². The SMILES string of the molecule is C=CCNC(=O)[C@H](C)OC(=O)[C@H](CC(C)C)NC(=O)c1ccc(Cl)cc1. The summed E-state index contributed by atoms with van der Waals surface area (Å²) in [4.78, 5) is 36.6. The predicted octanol–water partition coefficient (Wildman–Crippen LogP) is 2.72. The zero-order chi connectivity index (χ0) is 19.7. The van der Waals surface area contributed by atoms with Crippen LogP contribution in [0.2, 0.25) is 5.02 Å². The van der Waals surface area contributed by atoms with Crippen molar-refractivity contribution in [1.29, 1.82) is 0 Å². The first-order valence-electron chi connectivity index (χ1n) is 8.40. The van der Waals surface area contributed by atoms with Gasteiger partial charge in [0.15, 0.2) is 6.10 Å². The van der Waals surface area contributed by atoms with Crippen molar-refractivity contribution < 1.29 is 19.1 Å². The number of amides is 2. The monoisotopic (exact) mass is 380 g/mol. The molecule has 0 heterocycles. The average molecular weight is 381 g/mol. The first-order chi connectivity index (χ1) is 12.2. The largest absolute Gasteiger partial charge is 0.451 e. The first-order valence-corrected chi connectivity index (χ1v) is 8.78. The highest BCUT2D eigenvalue weighted by atomic mass is 35.5. The summed E-state index contributed by atoms with van der Waals surface area (Å²) in [5.74, 6) is -1.34. The summed E-state index contributed by atoms with van der Waals surface area (Å²) >= 11 is 5.81. The highest BCUT2D eigenvalue weighted by molar-refractivity contribution is 6.30. The van der Waals surface area contributed by atoms with Gasteiger partial charge in [-0.3, -0.25) is 9.59 Å². The van der Waals surface area contributed by atoms with Gasteiger partial charge in [0.2, 0.25) is 0 Å². The molecule has 0 saturated heterocycles. The molecule has 1 aromatic carbocycles. The van der Waals surface area contributed by atoms with Gasteiger partial charge in [-0.15, -0.1) is 6.58 Å². The predicted molar refractivity (Wildman–Crippen MR) is 101 cm³/mol. The third-order valence-corrected chi connectivity index (χ3v) is 3.74. The third kappa shape index (κ3) is 7.27. The number of hydrogen-bond donors (Lipinski definition) is 2. The molecular weight excluding hydrogens is 356 g/mol. The van der Waals surface area contributed by atoms with Crippen LogP contribution in [0.1, 0.15) is 37.6 Å². The van der Waals surface area contributed by atoms with Crippen LogP contribution in [0.5, 0.6) is 0 Å². The lowest BCUT2D eigenvalue weighted by atomic mass is 10.0. The van der Waals surface area contributed by atoms with Crippen LogP contribution in [-0.2, 0) is 14.3 Å². The van der Waals surface area contributed by atoms with Gasteiger partial charge in [0.05, 0.1) is 0 Å². The van der Waals surface area contributed by atoms with Crippen molar-refractivity contribution in [3.63, 3.8) is 0 Å². The number of halogens is 1. The van der Waals surface area contributed by atoms with E-state index < -0.39 is 29.9 Å². The second-order valence-electron chi connectivity index (χ2n) is 6.28. The average Bonchev–Trinajstić information content (AvgIpc) is 2.58. The standard InChI is InChI=1S/C19H25ClN2O4/c1-5-10-21-17(23)13(4)26-19(25)16(11-12(2)3)22-18(24)14-6-8-15(20)9-7-14/h5-9,12-13,16H,1,10-11H2,2-4H3,(H,21,23)(H,22,24)/t13-,16-/m0/s1. The van der Waals surface area contributed by atoms with Crippen molar-refractivity contribution in [2.75, 3.05) is 6.54 Å². The number of rotatable bonds is 9. The Morgan fingerprint density at radius 1 is 1.19 bits per heavy atom. The molecule has 0 aliphatic heterocycles. The van der Waals surface area contributed by atoms with E-state index in [1.807, 2.05) is 13.8 Å². The second-order valence-corrected chi connectivity index (χ2v) is 6.71. The quantitative estimate of drug-likeness (QED) is 0.509. The molecule has 142 valence electrons. The zero-order valence-electron chi connectivity index (χ0n) is 15.3. The molecule has 0 spiro atoms. The molecular formula is C19H25ClN2O4. The lowest BCUT2D eigenvalue weighted by Crippen LogP contribution is -2.45. The van der Waals surface area contributed by atoms with Gasteiger partial charge >= 0.3 is 5.97 Å². The molecule has 1 rings (SSSR count). The molecule has 0 aliphatic rings. The normalized spacial score (nSPS) is 12.8. The van der Waals surface area contributed by atoms with Crippen LogP contribution in [0.3, 0.4) is 0 Å². The van der Waals surface area contributed by atoms with Gasteiger partial charge in [-0.05, 0) is 43.5 Å². The van der Waals surface area contributed by atoms with E-state index in [-0.39, 0.29) is 12.5 Å². The number of carbonyl (C=O) groups is 3. The highest BCUT2D eigenvalue weighted by Crippen LogP contribution is 2.12. The molecule has 0 unspecified atom stereocenters. The maximum absolute atomic E-state index is 12.4. The van der Waals surface area contributed by atoms with E-state index in [0.29, 0.717) is 17.0 Å². The number of nitrogens with one attached hydrogen (secondary N) is 2. The number of hydrogen-bond acceptors (Lipinski definition) is 4. The lowest BCUT2D eigenvalue weighted by Gasteiger charge is -2.21. The molecule has 7 heteroatoms. The van der Waals surface area contributed by atoms with Crippen molar-refractivity contribution >= 4 is 29.4 Å². The summed E-state index contributed by atoms with van der Waals surface area (Å²) in [7, 11) is 0. The van der Waals surface area contributed by atoms with E-state index in [2.05, 4.69) is 17.2 Å². The van der Waals surface area contributed by atoms with Gasteiger partial charge in [-0.1, -0.05) is 31.5 Å². The Morgan fingerprint density at radius 2 is 1.81 bits per heavy atom. The molecule has 0 saturated carbocycles. The zero-order valence-corrected chi connectivity index (χ0v) is 16.0. The molecule has 0 aliphatic carbocycles. The molecule has 0 aromatic heterocycles. The van der Waals surface area contributed by atoms with E-state index in [4.69, 9.17) is 16.3 Å². The second kappa shape index (κ2) is 10.6. The highest BCUT2D eigenvalue weighted by Gasteiger charge is 2.27. The van der Waals surface area contributed by atoms with Gasteiger partial charge in [0, 0.05) is 17.1 Å². The molecule has 6 nitrogen and oxygen atoms in total. The Hall–Kier alpha value is -2.34. The Balaban J connectivity index is 2.76. The van der Waals surface area contributed by atoms with Crippen molar-refractivity contribution in [2.24, 2.45) is 5.92 Å². The smallest absolute Gasteiger partial charge is 0.329 e. The Bertz CT molecular complexity index is 643. The van der Waals surface area contributed by atoms with E-state index in [0.717, 1.165) is 0 Å². The fraction of sp³-hybridized carbons (Fsp3) is 0.421. The summed E-state index contributed by atoms with van der Waals surface area (Å²) < 4.78 is 5.21. The van der Waals surface area contributed by atoms with E-state index in [1.165, 1.54) is 13.0 Å². The molecule has 0 fully saturated rings. The van der Waals surface area contributed by atoms with Gasteiger partial charge in [-0.25, -0.2) is 4.79 Å². The van der Waals surface area contributed by atoms with Gasteiger partial charge in [0.1, 0.15) is 6.04 Å². The Labute approximate surface area is 158 Å². The van der Waals surface area contributed by atoms with Crippen molar-refractivity contribution in [3.8, 4) is 0 Å². The summed E-state index contributed by atoms with van der Waals surface area (Å²) in [5.41, 5.74) is 0.382. The molecule has 26 heavy (non-hydrogen) atoms. The van der Waals surface area contributed by atoms with Crippen LogP contribution in [0.15, 0.2) is 36.9 Å². The van der Waals surface area contributed by atoms with Crippen LogP contribution in [-0.4, -0.2) is 36.5 Å². The van der Waals surface area contributed by atoms with Crippen LogP contribution < -0.4 is 10.6 Å². The van der Waals surface area contributed by atoms with Crippen LogP contribution >= 0.6 is 11.6 Å². The van der Waals surface area contributed by atoms with E-state index in [9.17, 15) is 14.4 Å². The number of carbonyl (C=O) groups excluding carboxylic acids is 3. The minimum atomic E-state index is -0.968. The number of esters is 1. The maximum Gasteiger partial charge on any atom is 0.329 e. The summed E-state index contributed by atoms with van der Waals surface area (Å²) in [6.07, 6.45) is 0.948. The Morgan fingerprint density at radius 3 is 2.35 bits per heavy atom. The van der Waals surface area contributed by atoms with Crippen LogP contribution in [0.25, 0.3) is 0 Å². The summed E-state index contributed by atoms with van der Waals surface area (Å²) in [6.45, 7) is 9.11. The third-order valence-electron chi connectivity index (χ3n) is 3.49. The molecule has 2 amide bonds. The van der Waals surface area contributed by atoms with Gasteiger partial charge in [0.25, 0.3) is 11.8 Å². The van der Waals surface area contributed by atoms with Gasteiger partial charge < -0.3 is 15.4 Å². The minimum absolute atomic E-state index is 0.142. The maximum atomic E-state index is 12.4. The fourth-order valence-electron chi connectivity index (χ4n) is 2.15. The molecule has 2 atom stereocenters. The van der Waals surface area contributed by atoms with E-state index in [1.54, 1.807) is 24.3 Å². The number of ether oxygens (including phenoxy) is 1. The van der Waals surface area contributed by atoms with Crippen molar-refractivity contribution in [2.45, 2.75) is 39.3 Å². The van der Waals surface area contributed by atoms with Crippen LogP contribution in [0, 0.1) is 5.92 Å². The van der Waals surface area contributed by atoms with Crippen molar-refractivity contribution in [1.82, 2.24) is 10.6 Å². The minimum Gasteiger partial charge on any atom is -0.451 e. The Kier molecular flexibility index (Phi) is 8.85. The van der Waals surface area contributed by atoms with Crippen LogP contribution in [0.4, 0.5) is 0 Å². The number of benzene rings is 1. The summed E-state index contributed by atoms with van der Waals surface area (Å²) in [6, 6.07) is 5.48. The fourth-order valence-corrected chi connectivity index (χ4v) is 2.28. The van der Waals surface area contributed by atoms with Crippen molar-refractivity contribution in [3.05, 3.63) is 47.5 Å². The molecule has 0 radical (unpaired) electrons. The summed E-state index contributed by atoms with van der Waals surface area (Å²) in [5, 5.41) is 5.73. The molecule has 2 N–H and O–H groups in total. The molecule has 1 aromatic rings. The van der Waals surface area contributed by atoms with Gasteiger partial charge in [-0.2, -0.15) is 0 Å². The lowest BCUT2D eigenvalue weighted by molar-refractivity contribution is -0.156. The first kappa shape index (κ1) is 21.7. The van der Waals surface area contributed by atoms with E-state index >= 15 is 0 Å².